The molecule has 2 aromatic carbocycles. The number of fused-ring (bicyclic) bond motifs is 1. The van der Waals surface area contributed by atoms with Gasteiger partial charge in [-0.1, -0.05) is 0 Å². The topological polar surface area (TPSA) is 75.7 Å². The summed E-state index contributed by atoms with van der Waals surface area (Å²) in [5, 5.41) is 0. The van der Waals surface area contributed by atoms with E-state index in [-0.39, 0.29) is 16.7 Å². The highest BCUT2D eigenvalue weighted by Gasteiger charge is 2.36. The summed E-state index contributed by atoms with van der Waals surface area (Å²) in [6.07, 6.45) is 2.70. The molecule has 27 heavy (non-hydrogen) atoms. The lowest BCUT2D eigenvalue weighted by molar-refractivity contribution is -0.119. The number of amides is 1. The molecule has 2 aromatic rings. The van der Waals surface area contributed by atoms with Crippen LogP contribution in [0.15, 0.2) is 47.4 Å². The summed E-state index contributed by atoms with van der Waals surface area (Å²) >= 11 is 0. The Labute approximate surface area is 159 Å². The molecule has 0 saturated heterocycles. The standard InChI is InChI=1S/C20H22N2O4S/c1-2-26-17-6-8-18(9-7-17)27(24,25)21-16-5-10-19-15(13-16)11-12-22(19)20(23)14-3-4-14/h5-10,13-14,21H,2-4,11-12H2,1H3. The Bertz CT molecular complexity index is 966. The number of ether oxygens (including phenoxy) is 1. The number of nitrogens with zero attached hydrogens (tertiary/aromatic N) is 1. The van der Waals surface area contributed by atoms with Gasteiger partial charge < -0.3 is 9.64 Å². The van der Waals surface area contributed by atoms with Crippen molar-refractivity contribution in [3.8, 4) is 5.75 Å². The van der Waals surface area contributed by atoms with Crippen LogP contribution in [0, 0.1) is 5.92 Å². The van der Waals surface area contributed by atoms with Crippen LogP contribution in [0.3, 0.4) is 0 Å². The Balaban J connectivity index is 1.52. The number of carbonyl (C=O) groups excluding carboxylic acids is 1. The molecule has 1 N–H and O–H groups in total. The molecule has 0 bridgehead atoms. The number of sulfonamides is 1. The van der Waals surface area contributed by atoms with Crippen LogP contribution in [0.4, 0.5) is 11.4 Å². The summed E-state index contributed by atoms with van der Waals surface area (Å²) in [5.41, 5.74) is 2.40. The summed E-state index contributed by atoms with van der Waals surface area (Å²) in [5.74, 6) is 1.000. The minimum atomic E-state index is -3.68. The first-order valence-electron chi connectivity index (χ1n) is 9.18. The first kappa shape index (κ1) is 17.9. The van der Waals surface area contributed by atoms with Crippen molar-refractivity contribution in [1.82, 2.24) is 0 Å². The van der Waals surface area contributed by atoms with Crippen LogP contribution in [-0.4, -0.2) is 27.5 Å². The average Bonchev–Trinajstić information content (AvgIpc) is 3.41. The minimum Gasteiger partial charge on any atom is -0.494 e. The van der Waals surface area contributed by atoms with E-state index in [9.17, 15) is 13.2 Å². The van der Waals surface area contributed by atoms with Gasteiger partial charge in [-0.3, -0.25) is 9.52 Å². The molecule has 2 aliphatic rings. The van der Waals surface area contributed by atoms with Crippen molar-refractivity contribution in [1.29, 1.82) is 0 Å². The smallest absolute Gasteiger partial charge is 0.261 e. The molecule has 0 atom stereocenters. The van der Waals surface area contributed by atoms with E-state index in [1.165, 1.54) is 12.1 Å². The third-order valence-corrected chi connectivity index (χ3v) is 6.26. The van der Waals surface area contributed by atoms with E-state index in [2.05, 4.69) is 4.72 Å². The van der Waals surface area contributed by atoms with Crippen LogP contribution in [0.2, 0.25) is 0 Å². The molecule has 7 heteroatoms. The van der Waals surface area contributed by atoms with Gasteiger partial charge in [0, 0.05) is 23.8 Å². The maximum atomic E-state index is 12.6. The van der Waals surface area contributed by atoms with Crippen LogP contribution >= 0.6 is 0 Å². The first-order valence-corrected chi connectivity index (χ1v) is 10.7. The number of nitrogens with one attached hydrogen (secondary N) is 1. The Hall–Kier alpha value is -2.54. The quantitative estimate of drug-likeness (QED) is 0.827. The van der Waals surface area contributed by atoms with E-state index in [4.69, 9.17) is 4.74 Å². The highest BCUT2D eigenvalue weighted by Crippen LogP contribution is 2.37. The molecule has 1 fully saturated rings. The van der Waals surface area contributed by atoms with Gasteiger partial charge in [0.15, 0.2) is 0 Å². The van der Waals surface area contributed by atoms with E-state index >= 15 is 0 Å². The molecule has 0 unspecified atom stereocenters. The molecule has 1 amide bonds. The summed E-state index contributed by atoms with van der Waals surface area (Å²) in [6.45, 7) is 3.07. The van der Waals surface area contributed by atoms with Gasteiger partial charge in [-0.05, 0) is 74.2 Å². The fourth-order valence-electron chi connectivity index (χ4n) is 3.34. The molecular formula is C20H22N2O4S. The molecule has 1 aliphatic carbocycles. The second-order valence-electron chi connectivity index (χ2n) is 6.87. The van der Waals surface area contributed by atoms with Gasteiger partial charge in [0.1, 0.15) is 5.75 Å². The van der Waals surface area contributed by atoms with Crippen molar-refractivity contribution >= 4 is 27.3 Å². The Morgan fingerprint density at radius 1 is 1.19 bits per heavy atom. The number of carbonyl (C=O) groups is 1. The number of benzene rings is 2. The zero-order valence-electron chi connectivity index (χ0n) is 15.1. The van der Waals surface area contributed by atoms with Crippen LogP contribution < -0.4 is 14.4 Å². The molecule has 1 aliphatic heterocycles. The van der Waals surface area contributed by atoms with Crippen LogP contribution in [0.25, 0.3) is 0 Å². The lowest BCUT2D eigenvalue weighted by Crippen LogP contribution is -2.30. The maximum Gasteiger partial charge on any atom is 0.261 e. The highest BCUT2D eigenvalue weighted by molar-refractivity contribution is 7.92. The number of hydrogen-bond acceptors (Lipinski definition) is 4. The maximum absolute atomic E-state index is 12.6. The van der Waals surface area contributed by atoms with Gasteiger partial charge >= 0.3 is 0 Å². The predicted molar refractivity (Wildman–Crippen MR) is 104 cm³/mol. The molecular weight excluding hydrogens is 364 g/mol. The molecule has 1 saturated carbocycles. The Morgan fingerprint density at radius 3 is 2.59 bits per heavy atom. The van der Waals surface area contributed by atoms with Crippen LogP contribution in [0.1, 0.15) is 25.3 Å². The second-order valence-corrected chi connectivity index (χ2v) is 8.55. The normalized spacial score (nSPS) is 16.1. The van der Waals surface area contributed by atoms with Crippen molar-refractivity contribution < 1.29 is 17.9 Å². The van der Waals surface area contributed by atoms with Crippen LogP contribution in [-0.2, 0) is 21.2 Å². The van der Waals surface area contributed by atoms with Crippen molar-refractivity contribution in [2.75, 3.05) is 22.8 Å². The lowest BCUT2D eigenvalue weighted by Gasteiger charge is -2.17. The Kier molecular flexibility index (Phi) is 4.55. The van der Waals surface area contributed by atoms with E-state index < -0.39 is 10.0 Å². The number of hydrogen-bond donors (Lipinski definition) is 1. The van der Waals surface area contributed by atoms with Crippen molar-refractivity contribution in [2.24, 2.45) is 5.92 Å². The first-order chi connectivity index (χ1) is 13.0. The van der Waals surface area contributed by atoms with Crippen molar-refractivity contribution in [2.45, 2.75) is 31.1 Å². The van der Waals surface area contributed by atoms with Crippen molar-refractivity contribution in [3.05, 3.63) is 48.0 Å². The fourth-order valence-corrected chi connectivity index (χ4v) is 4.39. The van der Waals surface area contributed by atoms with Gasteiger partial charge in [0.05, 0.1) is 11.5 Å². The molecule has 0 aromatic heterocycles. The monoisotopic (exact) mass is 386 g/mol. The second kappa shape index (κ2) is 6.88. The number of rotatable bonds is 6. The van der Waals surface area contributed by atoms with E-state index in [1.54, 1.807) is 18.2 Å². The number of anilines is 2. The third-order valence-electron chi connectivity index (χ3n) is 4.86. The molecule has 6 nitrogen and oxygen atoms in total. The summed E-state index contributed by atoms with van der Waals surface area (Å²) in [4.78, 5) is 14.4. The fraction of sp³-hybridized carbons (Fsp3) is 0.350. The van der Waals surface area contributed by atoms with Gasteiger partial charge in [-0.25, -0.2) is 8.42 Å². The minimum absolute atomic E-state index is 0.175. The van der Waals surface area contributed by atoms with Gasteiger partial charge in [0.2, 0.25) is 5.91 Å². The average molecular weight is 386 g/mol. The molecule has 142 valence electrons. The summed E-state index contributed by atoms with van der Waals surface area (Å²) in [6, 6.07) is 11.7. The van der Waals surface area contributed by atoms with Crippen LogP contribution in [0.5, 0.6) is 5.75 Å². The zero-order chi connectivity index (χ0) is 19.0. The predicted octanol–water partition coefficient (Wildman–Crippen LogP) is 3.19. The highest BCUT2D eigenvalue weighted by atomic mass is 32.2. The van der Waals surface area contributed by atoms with Crippen molar-refractivity contribution in [3.63, 3.8) is 0 Å². The molecule has 0 spiro atoms. The Morgan fingerprint density at radius 2 is 1.93 bits per heavy atom. The summed E-state index contributed by atoms with van der Waals surface area (Å²) < 4.78 is 33.2. The zero-order valence-corrected chi connectivity index (χ0v) is 16.0. The third kappa shape index (κ3) is 3.64. The SMILES string of the molecule is CCOc1ccc(S(=O)(=O)Nc2ccc3c(c2)CCN3C(=O)C2CC2)cc1. The van der Waals surface area contributed by atoms with Gasteiger partial charge in [0.25, 0.3) is 10.0 Å². The molecule has 1 heterocycles. The van der Waals surface area contributed by atoms with E-state index in [1.807, 2.05) is 24.0 Å². The van der Waals surface area contributed by atoms with Gasteiger partial charge in [-0.15, -0.1) is 0 Å². The van der Waals surface area contributed by atoms with E-state index in [0.29, 0.717) is 24.6 Å². The molecule has 0 radical (unpaired) electrons. The summed E-state index contributed by atoms with van der Waals surface area (Å²) in [7, 11) is -3.68. The lowest BCUT2D eigenvalue weighted by atomic mass is 10.1. The van der Waals surface area contributed by atoms with E-state index in [0.717, 1.165) is 30.5 Å². The largest absolute Gasteiger partial charge is 0.494 e. The molecule has 4 rings (SSSR count). The van der Waals surface area contributed by atoms with Gasteiger partial charge in [-0.2, -0.15) is 0 Å².